The van der Waals surface area contributed by atoms with Crippen molar-refractivity contribution < 1.29 is 9.66 Å². The van der Waals surface area contributed by atoms with Crippen molar-refractivity contribution in [2.75, 3.05) is 0 Å². The van der Waals surface area contributed by atoms with Gasteiger partial charge in [-0.05, 0) is 17.2 Å². The summed E-state index contributed by atoms with van der Waals surface area (Å²) in [5.41, 5.74) is 1.84. The second kappa shape index (κ2) is 7.28. The minimum atomic E-state index is -0.534. The molecule has 0 saturated carbocycles. The van der Waals surface area contributed by atoms with Crippen molar-refractivity contribution in [1.82, 2.24) is 0 Å². The van der Waals surface area contributed by atoms with Crippen LogP contribution in [0.5, 0.6) is 5.75 Å². The van der Waals surface area contributed by atoms with Crippen molar-refractivity contribution >= 4 is 5.69 Å². The molecule has 0 fully saturated rings. The molecule has 0 aliphatic rings. The van der Waals surface area contributed by atoms with Crippen LogP contribution in [0.4, 0.5) is 5.69 Å². The van der Waals surface area contributed by atoms with Crippen LogP contribution in [-0.4, -0.2) is 4.92 Å². The van der Waals surface area contributed by atoms with E-state index in [-0.39, 0.29) is 17.0 Å². The Kier molecular flexibility index (Phi) is 4.72. The normalized spacial score (nSPS) is 10.2. The smallest absolute Gasteiger partial charge is 0.274 e. The minimum absolute atomic E-state index is 0.172. The zero-order valence-corrected chi connectivity index (χ0v) is 13.2. The Hall–Kier alpha value is -3.65. The third kappa shape index (κ3) is 3.82. The minimum Gasteiger partial charge on any atom is -0.481 e. The highest BCUT2D eigenvalue weighted by Gasteiger charge is 2.18. The Labute approximate surface area is 144 Å². The fourth-order valence-electron chi connectivity index (χ4n) is 2.54. The van der Waals surface area contributed by atoms with Gasteiger partial charge in [0.2, 0.25) is 0 Å². The third-order valence-corrected chi connectivity index (χ3v) is 3.69. The molecule has 0 spiro atoms. The topological polar surface area (TPSA) is 76.2 Å². The van der Waals surface area contributed by atoms with E-state index < -0.39 is 11.0 Å². The summed E-state index contributed by atoms with van der Waals surface area (Å²) in [6.07, 6.45) is -0.434. The van der Waals surface area contributed by atoms with Gasteiger partial charge in [0.25, 0.3) is 5.69 Å². The fraction of sp³-hybridized carbons (Fsp3) is 0.0500. The van der Waals surface area contributed by atoms with E-state index in [1.165, 1.54) is 18.2 Å². The van der Waals surface area contributed by atoms with Crippen molar-refractivity contribution in [3.63, 3.8) is 0 Å². The standard InChI is InChI=1S/C20H14N2O3/c21-14-15-11-18(22(23)24)13-19(12-15)25-20(16-7-3-1-4-8-16)17-9-5-2-6-10-17/h1-13,20H. The quantitative estimate of drug-likeness (QED) is 0.504. The van der Waals surface area contributed by atoms with E-state index in [0.29, 0.717) is 0 Å². The van der Waals surface area contributed by atoms with Gasteiger partial charge in [0.05, 0.1) is 22.6 Å². The van der Waals surface area contributed by atoms with Gasteiger partial charge in [0.15, 0.2) is 0 Å². The molecule has 25 heavy (non-hydrogen) atoms. The molecule has 0 N–H and O–H groups in total. The summed E-state index contributed by atoms with van der Waals surface area (Å²) in [6, 6.07) is 25.2. The molecule has 0 saturated heterocycles. The number of nitro benzene ring substituents is 1. The molecule has 122 valence electrons. The average Bonchev–Trinajstić information content (AvgIpc) is 2.67. The van der Waals surface area contributed by atoms with Crippen LogP contribution >= 0.6 is 0 Å². The van der Waals surface area contributed by atoms with Crippen LogP contribution in [0.1, 0.15) is 22.8 Å². The molecule has 0 atom stereocenters. The summed E-state index contributed by atoms with van der Waals surface area (Å²) in [5, 5.41) is 20.2. The van der Waals surface area contributed by atoms with Crippen LogP contribution in [0.2, 0.25) is 0 Å². The summed E-state index contributed by atoms with van der Waals surface area (Å²) in [4.78, 5) is 10.6. The third-order valence-electron chi connectivity index (χ3n) is 3.69. The van der Waals surface area contributed by atoms with Crippen LogP contribution in [0.3, 0.4) is 0 Å². The summed E-state index contributed by atoms with van der Waals surface area (Å²) in [6.45, 7) is 0. The van der Waals surface area contributed by atoms with E-state index in [4.69, 9.17) is 10.00 Å². The first-order valence-electron chi connectivity index (χ1n) is 7.63. The van der Waals surface area contributed by atoms with E-state index in [1.807, 2.05) is 66.7 Å². The van der Waals surface area contributed by atoms with Gasteiger partial charge in [-0.1, -0.05) is 60.7 Å². The number of benzene rings is 3. The lowest BCUT2D eigenvalue weighted by atomic mass is 10.0. The highest BCUT2D eigenvalue weighted by atomic mass is 16.6. The van der Waals surface area contributed by atoms with Gasteiger partial charge in [0, 0.05) is 6.07 Å². The first-order chi connectivity index (χ1) is 12.2. The SMILES string of the molecule is N#Cc1cc(OC(c2ccccc2)c2ccccc2)cc([N+](=O)[O-])c1. The van der Waals surface area contributed by atoms with Crippen molar-refractivity contribution in [2.45, 2.75) is 6.10 Å². The van der Waals surface area contributed by atoms with Gasteiger partial charge in [-0.3, -0.25) is 10.1 Å². The number of non-ortho nitro benzene ring substituents is 1. The average molecular weight is 330 g/mol. The Bertz CT molecular complexity index is 879. The lowest BCUT2D eigenvalue weighted by Gasteiger charge is -2.20. The van der Waals surface area contributed by atoms with Gasteiger partial charge in [-0.25, -0.2) is 0 Å². The molecule has 3 rings (SSSR count). The lowest BCUT2D eigenvalue weighted by Crippen LogP contribution is -2.09. The number of ether oxygens (including phenoxy) is 1. The number of hydrogen-bond donors (Lipinski definition) is 0. The highest BCUT2D eigenvalue weighted by Crippen LogP contribution is 2.31. The molecule has 3 aromatic rings. The van der Waals surface area contributed by atoms with Crippen LogP contribution in [-0.2, 0) is 0 Å². The summed E-state index contributed by atoms with van der Waals surface area (Å²) >= 11 is 0. The Morgan fingerprint density at radius 2 is 1.48 bits per heavy atom. The molecule has 0 unspecified atom stereocenters. The second-order valence-electron chi connectivity index (χ2n) is 5.40. The molecule has 3 aromatic carbocycles. The van der Waals surface area contributed by atoms with Gasteiger partial charge >= 0.3 is 0 Å². The fourth-order valence-corrected chi connectivity index (χ4v) is 2.54. The molecule has 0 aliphatic heterocycles. The van der Waals surface area contributed by atoms with E-state index in [2.05, 4.69) is 0 Å². The van der Waals surface area contributed by atoms with Crippen LogP contribution in [0, 0.1) is 21.4 Å². The molecule has 0 amide bonds. The van der Waals surface area contributed by atoms with Crippen LogP contribution in [0.15, 0.2) is 78.9 Å². The molecular formula is C20H14N2O3. The van der Waals surface area contributed by atoms with E-state index in [0.717, 1.165) is 11.1 Å². The summed E-state index contributed by atoms with van der Waals surface area (Å²) in [7, 11) is 0. The van der Waals surface area contributed by atoms with Crippen molar-refractivity contribution in [2.24, 2.45) is 0 Å². The largest absolute Gasteiger partial charge is 0.481 e. The molecule has 0 bridgehead atoms. The maximum absolute atomic E-state index is 11.1. The first kappa shape index (κ1) is 16.2. The zero-order chi connectivity index (χ0) is 17.6. The zero-order valence-electron chi connectivity index (χ0n) is 13.2. The predicted octanol–water partition coefficient (Wildman–Crippen LogP) is 4.63. The van der Waals surface area contributed by atoms with E-state index in [1.54, 1.807) is 0 Å². The van der Waals surface area contributed by atoms with Crippen molar-refractivity contribution in [3.8, 4) is 11.8 Å². The van der Waals surface area contributed by atoms with E-state index >= 15 is 0 Å². The molecule has 0 radical (unpaired) electrons. The van der Waals surface area contributed by atoms with E-state index in [9.17, 15) is 10.1 Å². The molecular weight excluding hydrogens is 316 g/mol. The van der Waals surface area contributed by atoms with Gasteiger partial charge < -0.3 is 4.74 Å². The maximum Gasteiger partial charge on any atom is 0.274 e. The van der Waals surface area contributed by atoms with Gasteiger partial charge in [0.1, 0.15) is 11.9 Å². The summed E-state index contributed by atoms with van der Waals surface area (Å²) in [5.74, 6) is 0.281. The predicted molar refractivity (Wildman–Crippen MR) is 93.2 cm³/mol. The molecule has 0 aromatic heterocycles. The molecule has 0 heterocycles. The maximum atomic E-state index is 11.1. The number of hydrogen-bond acceptors (Lipinski definition) is 4. The Balaban J connectivity index is 2.03. The van der Waals surface area contributed by atoms with Crippen molar-refractivity contribution in [3.05, 3.63) is 106 Å². The summed E-state index contributed by atoms with van der Waals surface area (Å²) < 4.78 is 6.06. The number of nitriles is 1. The number of nitro groups is 1. The first-order valence-corrected chi connectivity index (χ1v) is 7.63. The molecule has 5 heteroatoms. The van der Waals surface area contributed by atoms with Crippen molar-refractivity contribution in [1.29, 1.82) is 5.26 Å². The lowest BCUT2D eigenvalue weighted by molar-refractivity contribution is -0.385. The monoisotopic (exact) mass is 330 g/mol. The molecule has 0 aliphatic carbocycles. The number of rotatable bonds is 5. The second-order valence-corrected chi connectivity index (χ2v) is 5.40. The highest BCUT2D eigenvalue weighted by molar-refractivity contribution is 5.48. The molecule has 5 nitrogen and oxygen atoms in total. The number of nitrogens with zero attached hydrogens (tertiary/aromatic N) is 2. The van der Waals surface area contributed by atoms with Gasteiger partial charge in [-0.15, -0.1) is 0 Å². The van der Waals surface area contributed by atoms with Crippen LogP contribution < -0.4 is 4.74 Å². The van der Waals surface area contributed by atoms with Gasteiger partial charge in [-0.2, -0.15) is 5.26 Å². The Morgan fingerprint density at radius 3 is 1.96 bits per heavy atom. The van der Waals surface area contributed by atoms with Crippen LogP contribution in [0.25, 0.3) is 0 Å². The Morgan fingerprint density at radius 1 is 0.920 bits per heavy atom.